The van der Waals surface area contributed by atoms with Gasteiger partial charge in [0.05, 0.1) is 18.8 Å². The van der Waals surface area contributed by atoms with Gasteiger partial charge in [0.2, 0.25) is 0 Å². The topological polar surface area (TPSA) is 71.0 Å². The van der Waals surface area contributed by atoms with E-state index in [1.807, 2.05) is 23.1 Å². The van der Waals surface area contributed by atoms with Gasteiger partial charge in [0, 0.05) is 62.7 Å². The first-order valence-electron chi connectivity index (χ1n) is 12.1. The molecule has 5 heterocycles. The van der Waals surface area contributed by atoms with Crippen LogP contribution < -0.4 is 5.32 Å². The summed E-state index contributed by atoms with van der Waals surface area (Å²) in [4.78, 5) is 10.2. The van der Waals surface area contributed by atoms with Crippen molar-refractivity contribution < 1.29 is 9.13 Å². The van der Waals surface area contributed by atoms with Crippen LogP contribution in [-0.2, 0) is 11.3 Å². The molecule has 0 aromatic carbocycles. The van der Waals surface area contributed by atoms with Crippen LogP contribution >= 0.6 is 0 Å². The maximum absolute atomic E-state index is 15.6. The smallest absolute Gasteiger partial charge is 0.155 e. The highest BCUT2D eigenvalue weighted by atomic mass is 28.3. The Hall–Kier alpha value is -2.07. The van der Waals surface area contributed by atoms with Crippen LogP contribution in [0.1, 0.15) is 24.6 Å². The molecule has 2 aliphatic heterocycles. The predicted molar refractivity (Wildman–Crippen MR) is 132 cm³/mol. The molecule has 2 N–H and O–H groups in total. The van der Waals surface area contributed by atoms with Gasteiger partial charge < -0.3 is 15.0 Å². The zero-order valence-corrected chi connectivity index (χ0v) is 20.9. The Kier molecular flexibility index (Phi) is 6.39. The molecule has 0 radical (unpaired) electrons. The summed E-state index contributed by atoms with van der Waals surface area (Å²) in [6.45, 7) is 12.0. The molecule has 3 aromatic rings. The zero-order valence-electron chi connectivity index (χ0n) is 19.9. The summed E-state index contributed by atoms with van der Waals surface area (Å²) in [5, 5.41) is 8.82. The van der Waals surface area contributed by atoms with Crippen LogP contribution in [0.3, 0.4) is 0 Å². The largest absolute Gasteiger partial charge is 0.375 e. The minimum atomic E-state index is -1.19. The van der Waals surface area contributed by atoms with Crippen LogP contribution in [0.4, 0.5) is 4.39 Å². The summed E-state index contributed by atoms with van der Waals surface area (Å²) in [5.41, 5.74) is 2.39. The molecule has 0 unspecified atom stereocenters. The average Bonchev–Trinajstić information content (AvgIpc) is 3.40. The van der Waals surface area contributed by atoms with Crippen LogP contribution in [0.25, 0.3) is 22.2 Å². The van der Waals surface area contributed by atoms with E-state index in [2.05, 4.69) is 44.9 Å². The summed E-state index contributed by atoms with van der Waals surface area (Å²) in [7, 11) is -1.19. The highest BCUT2D eigenvalue weighted by Gasteiger charge is 2.34. The van der Waals surface area contributed by atoms with Gasteiger partial charge in [-0.25, -0.2) is 9.37 Å². The van der Waals surface area contributed by atoms with Crippen molar-refractivity contribution in [3.05, 3.63) is 36.2 Å². The number of halogens is 1. The third-order valence-corrected chi connectivity index (χ3v) is 8.63. The van der Waals surface area contributed by atoms with E-state index in [0.717, 1.165) is 43.2 Å². The minimum Gasteiger partial charge on any atom is -0.375 e. The molecule has 0 spiro atoms. The second kappa shape index (κ2) is 9.29. The highest BCUT2D eigenvalue weighted by molar-refractivity contribution is 6.76. The van der Waals surface area contributed by atoms with Crippen molar-refractivity contribution in [3.8, 4) is 11.1 Å². The molecule has 0 saturated carbocycles. The molecule has 33 heavy (non-hydrogen) atoms. The number of nitrogens with one attached hydrogen (secondary N) is 2. The van der Waals surface area contributed by atoms with E-state index >= 15 is 4.39 Å². The van der Waals surface area contributed by atoms with E-state index < -0.39 is 8.07 Å². The lowest BCUT2D eigenvalue weighted by atomic mass is 9.98. The van der Waals surface area contributed by atoms with Crippen molar-refractivity contribution >= 4 is 19.1 Å². The Morgan fingerprint density at radius 1 is 1.18 bits per heavy atom. The number of piperidine rings is 1. The SMILES string of the molecule is C[Si](C)(C)CCOCc1nc2[nH]ccc2c(-c2cnn(C3CN(C4CCNCC4)C3)c2)c1F. The lowest BCUT2D eigenvalue weighted by Gasteiger charge is -2.45. The number of aromatic nitrogens is 4. The van der Waals surface area contributed by atoms with Crippen molar-refractivity contribution in [2.75, 3.05) is 32.8 Å². The van der Waals surface area contributed by atoms with Crippen LogP contribution in [0, 0.1) is 5.82 Å². The number of hydrogen-bond donors (Lipinski definition) is 2. The number of likely N-dealkylation sites (tertiary alicyclic amines) is 1. The molecule has 0 amide bonds. The standard InChI is InChI=1S/C24H35FN6OSi/c1-33(2,3)11-10-32-16-21-23(25)22(20-6-9-27-24(20)29-21)17-12-28-31(13-17)19-14-30(15-19)18-4-7-26-8-5-18/h6,9,12-13,18-19,26H,4-5,7-8,10-11,14-16H2,1-3H3,(H,27,29). The Bertz CT molecular complexity index is 1090. The first-order valence-corrected chi connectivity index (χ1v) is 15.8. The molecule has 0 bridgehead atoms. The van der Waals surface area contributed by atoms with Gasteiger partial charge >= 0.3 is 0 Å². The molecule has 3 aromatic heterocycles. The van der Waals surface area contributed by atoms with E-state index in [1.165, 1.54) is 12.8 Å². The fourth-order valence-electron chi connectivity index (χ4n) is 4.82. The highest BCUT2D eigenvalue weighted by Crippen LogP contribution is 2.34. The van der Waals surface area contributed by atoms with Crippen molar-refractivity contribution in [2.45, 2.75) is 57.2 Å². The Labute approximate surface area is 195 Å². The summed E-state index contributed by atoms with van der Waals surface area (Å²) >= 11 is 0. The summed E-state index contributed by atoms with van der Waals surface area (Å²) < 4.78 is 23.5. The number of fused-ring (bicyclic) bond motifs is 1. The van der Waals surface area contributed by atoms with Crippen molar-refractivity contribution in [1.82, 2.24) is 30.0 Å². The third-order valence-electron chi connectivity index (χ3n) is 6.93. The van der Waals surface area contributed by atoms with Crippen LogP contribution in [0.5, 0.6) is 0 Å². The molecule has 9 heteroatoms. The molecule has 2 fully saturated rings. The third kappa shape index (κ3) is 4.91. The Morgan fingerprint density at radius 3 is 2.73 bits per heavy atom. The first kappa shape index (κ1) is 22.7. The average molecular weight is 471 g/mol. The van der Waals surface area contributed by atoms with E-state index in [9.17, 15) is 0 Å². The van der Waals surface area contributed by atoms with Gasteiger partial charge in [-0.2, -0.15) is 5.10 Å². The van der Waals surface area contributed by atoms with Gasteiger partial charge in [0.15, 0.2) is 5.82 Å². The number of hydrogen-bond acceptors (Lipinski definition) is 5. The molecule has 2 aliphatic rings. The normalized spacial score (nSPS) is 18.8. The monoisotopic (exact) mass is 470 g/mol. The van der Waals surface area contributed by atoms with Crippen molar-refractivity contribution in [1.29, 1.82) is 0 Å². The predicted octanol–water partition coefficient (Wildman–Crippen LogP) is 4.03. The lowest BCUT2D eigenvalue weighted by Crippen LogP contribution is -2.55. The molecule has 7 nitrogen and oxygen atoms in total. The molecule has 0 aliphatic carbocycles. The number of aromatic amines is 1. The second-order valence-corrected chi connectivity index (χ2v) is 16.3. The number of H-pyrrole nitrogens is 1. The molecule has 2 saturated heterocycles. The number of pyridine rings is 1. The number of ether oxygens (including phenoxy) is 1. The summed E-state index contributed by atoms with van der Waals surface area (Å²) in [6.07, 6.45) is 8.02. The minimum absolute atomic E-state index is 0.181. The van der Waals surface area contributed by atoms with Gasteiger partial charge in [-0.15, -0.1) is 0 Å². The van der Waals surface area contributed by atoms with Crippen LogP contribution in [-0.4, -0.2) is 71.5 Å². The molecule has 0 atom stereocenters. The van der Waals surface area contributed by atoms with E-state index in [1.54, 1.807) is 6.20 Å². The number of rotatable bonds is 8. The molecule has 5 rings (SSSR count). The van der Waals surface area contributed by atoms with E-state index in [4.69, 9.17) is 4.74 Å². The van der Waals surface area contributed by atoms with Crippen LogP contribution in [0.15, 0.2) is 24.7 Å². The van der Waals surface area contributed by atoms with Crippen molar-refractivity contribution in [2.24, 2.45) is 0 Å². The summed E-state index contributed by atoms with van der Waals surface area (Å²) in [5.74, 6) is -0.306. The molecular formula is C24H35FN6OSi. The Balaban J connectivity index is 1.32. The van der Waals surface area contributed by atoms with E-state index in [-0.39, 0.29) is 12.4 Å². The van der Waals surface area contributed by atoms with Gasteiger partial charge in [0.25, 0.3) is 0 Å². The summed E-state index contributed by atoms with van der Waals surface area (Å²) in [6, 6.07) is 3.97. The maximum atomic E-state index is 15.6. The number of nitrogens with zero attached hydrogens (tertiary/aromatic N) is 4. The molecular weight excluding hydrogens is 435 g/mol. The second-order valence-electron chi connectivity index (χ2n) is 10.6. The van der Waals surface area contributed by atoms with Crippen molar-refractivity contribution in [3.63, 3.8) is 0 Å². The maximum Gasteiger partial charge on any atom is 0.155 e. The van der Waals surface area contributed by atoms with Gasteiger partial charge in [0.1, 0.15) is 11.3 Å². The van der Waals surface area contributed by atoms with Crippen LogP contribution in [0.2, 0.25) is 25.7 Å². The van der Waals surface area contributed by atoms with Gasteiger partial charge in [-0.1, -0.05) is 19.6 Å². The van der Waals surface area contributed by atoms with E-state index in [0.29, 0.717) is 35.6 Å². The molecule has 178 valence electrons. The lowest BCUT2D eigenvalue weighted by molar-refractivity contribution is 0.0390. The fourth-order valence-corrected chi connectivity index (χ4v) is 5.58. The Morgan fingerprint density at radius 2 is 1.97 bits per heavy atom. The quantitative estimate of drug-likeness (QED) is 0.384. The van der Waals surface area contributed by atoms with Gasteiger partial charge in [-0.3, -0.25) is 9.58 Å². The van der Waals surface area contributed by atoms with Gasteiger partial charge in [-0.05, 0) is 38.0 Å². The zero-order chi connectivity index (χ0) is 23.0. The first-order chi connectivity index (χ1) is 15.9. The fraction of sp³-hybridized carbons (Fsp3) is 0.583.